The second-order valence-electron chi connectivity index (χ2n) is 5.74. The number of nitrogens with one attached hydrogen (secondary N) is 1. The lowest BCUT2D eigenvalue weighted by Crippen LogP contribution is -2.38. The number of para-hydroxylation sites is 1. The molecule has 1 aliphatic rings. The lowest BCUT2D eigenvalue weighted by molar-refractivity contribution is 0.226. The van der Waals surface area contributed by atoms with Gasteiger partial charge < -0.3 is 10.2 Å². The second kappa shape index (κ2) is 6.95. The van der Waals surface area contributed by atoms with E-state index in [4.69, 9.17) is 0 Å². The third kappa shape index (κ3) is 3.73. The molecule has 19 heavy (non-hydrogen) atoms. The van der Waals surface area contributed by atoms with Crippen molar-refractivity contribution in [1.29, 1.82) is 0 Å². The Morgan fingerprint density at radius 3 is 2.58 bits per heavy atom. The maximum Gasteiger partial charge on any atom is 0.0429 e. The summed E-state index contributed by atoms with van der Waals surface area (Å²) in [5, 5.41) is 3.67. The third-order valence-corrected chi connectivity index (χ3v) is 4.44. The van der Waals surface area contributed by atoms with Gasteiger partial charge in [-0.2, -0.15) is 0 Å². The minimum absolute atomic E-state index is 0.590. The highest BCUT2D eigenvalue weighted by molar-refractivity contribution is 5.56. The van der Waals surface area contributed by atoms with Gasteiger partial charge in [0.25, 0.3) is 0 Å². The Hall–Kier alpha value is -1.02. The highest BCUT2D eigenvalue weighted by Gasteiger charge is 2.22. The lowest BCUT2D eigenvalue weighted by atomic mass is 10.0. The predicted molar refractivity (Wildman–Crippen MR) is 83.7 cm³/mol. The van der Waals surface area contributed by atoms with Gasteiger partial charge in [-0.15, -0.1) is 0 Å². The summed E-state index contributed by atoms with van der Waals surface area (Å²) >= 11 is 0. The summed E-state index contributed by atoms with van der Waals surface area (Å²) in [6.45, 7) is 10.5. The molecule has 1 unspecified atom stereocenters. The molecule has 1 heterocycles. The number of hydrogen-bond donors (Lipinski definition) is 1. The maximum atomic E-state index is 3.67. The molecule has 0 radical (unpaired) electrons. The molecule has 0 aliphatic carbocycles. The largest absolute Gasteiger partial charge is 0.380 e. The van der Waals surface area contributed by atoms with Crippen LogP contribution in [-0.2, 0) is 6.42 Å². The van der Waals surface area contributed by atoms with E-state index < -0.39 is 0 Å². The Morgan fingerprint density at radius 2 is 1.95 bits per heavy atom. The SMILES string of the molecule is CCC(CC)CN(CC)CC1Cc2ccccc2N1. The molecular weight excluding hydrogens is 232 g/mol. The fourth-order valence-electron chi connectivity index (χ4n) is 3.04. The van der Waals surface area contributed by atoms with Gasteiger partial charge in [-0.1, -0.05) is 51.8 Å². The lowest BCUT2D eigenvalue weighted by Gasteiger charge is -2.28. The summed E-state index contributed by atoms with van der Waals surface area (Å²) < 4.78 is 0. The maximum absolute atomic E-state index is 3.67. The van der Waals surface area contributed by atoms with Crippen molar-refractivity contribution in [2.45, 2.75) is 46.1 Å². The molecule has 106 valence electrons. The number of nitrogens with zero attached hydrogens (tertiary/aromatic N) is 1. The number of anilines is 1. The molecule has 0 saturated carbocycles. The van der Waals surface area contributed by atoms with Crippen molar-refractivity contribution in [1.82, 2.24) is 4.90 Å². The van der Waals surface area contributed by atoms with Crippen LogP contribution in [0.3, 0.4) is 0 Å². The minimum Gasteiger partial charge on any atom is -0.380 e. The van der Waals surface area contributed by atoms with Crippen molar-refractivity contribution >= 4 is 5.69 Å². The zero-order chi connectivity index (χ0) is 13.7. The van der Waals surface area contributed by atoms with Crippen molar-refractivity contribution in [3.8, 4) is 0 Å². The fourth-order valence-corrected chi connectivity index (χ4v) is 3.04. The summed E-state index contributed by atoms with van der Waals surface area (Å²) in [5.74, 6) is 0.851. The van der Waals surface area contributed by atoms with Crippen LogP contribution in [0.5, 0.6) is 0 Å². The van der Waals surface area contributed by atoms with Crippen LogP contribution in [0.15, 0.2) is 24.3 Å². The quantitative estimate of drug-likeness (QED) is 0.802. The summed E-state index contributed by atoms with van der Waals surface area (Å²) in [6, 6.07) is 9.30. The molecule has 1 aliphatic heterocycles. The van der Waals surface area contributed by atoms with E-state index in [0.717, 1.165) is 12.5 Å². The normalized spacial score (nSPS) is 17.8. The molecule has 1 aromatic carbocycles. The molecule has 0 saturated heterocycles. The van der Waals surface area contributed by atoms with Gasteiger partial charge in [-0.05, 0) is 30.5 Å². The van der Waals surface area contributed by atoms with Gasteiger partial charge in [0.15, 0.2) is 0 Å². The zero-order valence-corrected chi connectivity index (χ0v) is 12.7. The Labute approximate surface area is 118 Å². The van der Waals surface area contributed by atoms with E-state index in [1.54, 1.807) is 0 Å². The van der Waals surface area contributed by atoms with E-state index in [2.05, 4.69) is 55.3 Å². The molecule has 1 atom stereocenters. The molecule has 0 amide bonds. The van der Waals surface area contributed by atoms with Crippen LogP contribution in [0, 0.1) is 5.92 Å². The highest BCUT2D eigenvalue weighted by atomic mass is 15.2. The molecule has 0 bridgehead atoms. The van der Waals surface area contributed by atoms with Gasteiger partial charge in [0.1, 0.15) is 0 Å². The van der Waals surface area contributed by atoms with Crippen molar-refractivity contribution in [3.05, 3.63) is 29.8 Å². The van der Waals surface area contributed by atoms with Gasteiger partial charge >= 0.3 is 0 Å². The molecule has 2 rings (SSSR count). The smallest absolute Gasteiger partial charge is 0.0429 e. The Morgan fingerprint density at radius 1 is 1.21 bits per heavy atom. The second-order valence-corrected chi connectivity index (χ2v) is 5.74. The molecular formula is C17H28N2. The molecule has 1 N–H and O–H groups in total. The molecule has 1 aromatic rings. The first kappa shape index (κ1) is 14.4. The van der Waals surface area contributed by atoms with Crippen molar-refractivity contribution < 1.29 is 0 Å². The van der Waals surface area contributed by atoms with E-state index in [-0.39, 0.29) is 0 Å². The van der Waals surface area contributed by atoms with Gasteiger partial charge in [-0.3, -0.25) is 0 Å². The van der Waals surface area contributed by atoms with Crippen LogP contribution >= 0.6 is 0 Å². The van der Waals surface area contributed by atoms with Crippen LogP contribution in [0.2, 0.25) is 0 Å². The first-order chi connectivity index (χ1) is 9.26. The van der Waals surface area contributed by atoms with Gasteiger partial charge in [0.05, 0.1) is 0 Å². The van der Waals surface area contributed by atoms with Gasteiger partial charge in [0, 0.05) is 24.8 Å². The monoisotopic (exact) mass is 260 g/mol. The first-order valence-electron chi connectivity index (χ1n) is 7.83. The van der Waals surface area contributed by atoms with E-state index >= 15 is 0 Å². The summed E-state index contributed by atoms with van der Waals surface area (Å²) in [6.07, 6.45) is 3.77. The van der Waals surface area contributed by atoms with Crippen molar-refractivity contribution in [2.75, 3.05) is 25.0 Å². The Balaban J connectivity index is 1.87. The summed E-state index contributed by atoms with van der Waals surface area (Å²) in [7, 11) is 0. The van der Waals surface area contributed by atoms with Crippen LogP contribution < -0.4 is 5.32 Å². The molecule has 0 spiro atoms. The number of likely N-dealkylation sites (N-methyl/N-ethyl adjacent to an activating group) is 1. The van der Waals surface area contributed by atoms with Gasteiger partial charge in [0.2, 0.25) is 0 Å². The zero-order valence-electron chi connectivity index (χ0n) is 12.7. The van der Waals surface area contributed by atoms with E-state index in [1.807, 2.05) is 0 Å². The van der Waals surface area contributed by atoms with E-state index in [9.17, 15) is 0 Å². The van der Waals surface area contributed by atoms with Crippen molar-refractivity contribution in [2.24, 2.45) is 5.92 Å². The van der Waals surface area contributed by atoms with Crippen molar-refractivity contribution in [3.63, 3.8) is 0 Å². The van der Waals surface area contributed by atoms with Crippen LogP contribution in [0.4, 0.5) is 5.69 Å². The van der Waals surface area contributed by atoms with Gasteiger partial charge in [-0.25, -0.2) is 0 Å². The Kier molecular flexibility index (Phi) is 5.26. The fraction of sp³-hybridized carbons (Fsp3) is 0.647. The van der Waals surface area contributed by atoms with Crippen LogP contribution in [0.25, 0.3) is 0 Å². The standard InChI is InChI=1S/C17H28N2/c1-4-14(5-2)12-19(6-3)13-16-11-15-9-7-8-10-17(15)18-16/h7-10,14,16,18H,4-6,11-13H2,1-3H3. The number of fused-ring (bicyclic) bond motifs is 1. The molecule has 0 aromatic heterocycles. The average Bonchev–Trinajstić information content (AvgIpc) is 2.85. The number of rotatable bonds is 7. The average molecular weight is 260 g/mol. The van der Waals surface area contributed by atoms with Crippen LogP contribution in [-0.4, -0.2) is 30.6 Å². The predicted octanol–water partition coefficient (Wildman–Crippen LogP) is 3.78. The molecule has 2 nitrogen and oxygen atoms in total. The van der Waals surface area contributed by atoms with E-state index in [1.165, 1.54) is 43.6 Å². The minimum atomic E-state index is 0.590. The van der Waals surface area contributed by atoms with E-state index in [0.29, 0.717) is 6.04 Å². The topological polar surface area (TPSA) is 15.3 Å². The first-order valence-corrected chi connectivity index (χ1v) is 7.83. The summed E-state index contributed by atoms with van der Waals surface area (Å²) in [5.41, 5.74) is 2.82. The molecule has 2 heteroatoms. The van der Waals surface area contributed by atoms with Crippen LogP contribution in [0.1, 0.15) is 39.2 Å². The number of benzene rings is 1. The Bertz CT molecular complexity index is 360. The third-order valence-electron chi connectivity index (χ3n) is 4.44. The number of hydrogen-bond acceptors (Lipinski definition) is 2. The molecule has 0 fully saturated rings. The summed E-state index contributed by atoms with van der Waals surface area (Å²) in [4.78, 5) is 2.61. The highest BCUT2D eigenvalue weighted by Crippen LogP contribution is 2.25.